The van der Waals surface area contributed by atoms with E-state index in [9.17, 15) is 4.39 Å². The van der Waals surface area contributed by atoms with Crippen LogP contribution in [0.25, 0.3) is 0 Å². The third-order valence-corrected chi connectivity index (χ3v) is 2.45. The number of aromatic nitrogens is 1. The van der Waals surface area contributed by atoms with Crippen LogP contribution < -0.4 is 10.1 Å². The van der Waals surface area contributed by atoms with Gasteiger partial charge < -0.3 is 10.1 Å². The third-order valence-electron chi connectivity index (χ3n) is 2.25. The summed E-state index contributed by atoms with van der Waals surface area (Å²) in [6.45, 7) is 2.42. The molecule has 0 unspecified atom stereocenters. The lowest BCUT2D eigenvalue weighted by Crippen LogP contribution is -2.00. The zero-order chi connectivity index (χ0) is 13.0. The van der Waals surface area contributed by atoms with Crippen molar-refractivity contribution in [2.45, 2.75) is 6.92 Å². The fourth-order valence-corrected chi connectivity index (χ4v) is 1.63. The smallest absolute Gasteiger partial charge is 0.167 e. The zero-order valence-electron chi connectivity index (χ0n) is 9.78. The number of pyridine rings is 1. The molecule has 1 aromatic heterocycles. The van der Waals surface area contributed by atoms with Gasteiger partial charge >= 0.3 is 0 Å². The van der Waals surface area contributed by atoms with E-state index in [-0.39, 0.29) is 10.8 Å². The van der Waals surface area contributed by atoms with E-state index in [2.05, 4.69) is 10.3 Å². The minimum atomic E-state index is -0.506. The highest BCUT2D eigenvalue weighted by Gasteiger charge is 2.08. The van der Waals surface area contributed by atoms with Gasteiger partial charge in [0.2, 0.25) is 0 Å². The Bertz CT molecular complexity index is 548. The molecule has 0 aliphatic rings. The molecule has 94 valence electrons. The molecule has 0 atom stereocenters. The summed E-state index contributed by atoms with van der Waals surface area (Å²) in [7, 11) is 0. The number of anilines is 2. The van der Waals surface area contributed by atoms with Crippen molar-refractivity contribution >= 4 is 23.1 Å². The standard InChI is InChI=1S/C13H12ClFN2O/c1-2-18-12-6-4-3-5-11(12)17-13-10(15)7-9(14)8-16-13/h3-8H,2H2,1H3,(H,16,17). The lowest BCUT2D eigenvalue weighted by molar-refractivity contribution is 0.342. The minimum absolute atomic E-state index is 0.117. The molecule has 2 rings (SSSR count). The number of nitrogens with one attached hydrogen (secondary N) is 1. The van der Waals surface area contributed by atoms with E-state index < -0.39 is 5.82 Å². The van der Waals surface area contributed by atoms with Crippen molar-refractivity contribution in [1.29, 1.82) is 0 Å². The second kappa shape index (κ2) is 5.69. The van der Waals surface area contributed by atoms with Crippen molar-refractivity contribution in [2.75, 3.05) is 11.9 Å². The van der Waals surface area contributed by atoms with E-state index in [1.807, 2.05) is 19.1 Å². The number of halogens is 2. The first-order chi connectivity index (χ1) is 8.70. The van der Waals surface area contributed by atoms with E-state index >= 15 is 0 Å². The summed E-state index contributed by atoms with van der Waals surface area (Å²) < 4.78 is 19.0. The lowest BCUT2D eigenvalue weighted by Gasteiger charge is -2.11. The quantitative estimate of drug-likeness (QED) is 0.908. The molecule has 0 aliphatic heterocycles. The van der Waals surface area contributed by atoms with Crippen LogP contribution in [0.4, 0.5) is 15.9 Å². The van der Waals surface area contributed by atoms with Crippen LogP contribution in [0.3, 0.4) is 0 Å². The Labute approximate surface area is 110 Å². The van der Waals surface area contributed by atoms with Gasteiger partial charge in [0, 0.05) is 6.20 Å². The van der Waals surface area contributed by atoms with Crippen LogP contribution in [-0.4, -0.2) is 11.6 Å². The number of rotatable bonds is 4. The molecule has 0 bridgehead atoms. The third kappa shape index (κ3) is 2.90. The topological polar surface area (TPSA) is 34.1 Å². The Hall–Kier alpha value is -1.81. The number of para-hydroxylation sites is 2. The maximum Gasteiger partial charge on any atom is 0.167 e. The second-order valence-electron chi connectivity index (χ2n) is 3.54. The molecule has 0 radical (unpaired) electrons. The van der Waals surface area contributed by atoms with E-state index in [0.29, 0.717) is 18.0 Å². The Kier molecular flexibility index (Phi) is 3.99. The van der Waals surface area contributed by atoms with Crippen molar-refractivity contribution in [2.24, 2.45) is 0 Å². The Morgan fingerprint density at radius 2 is 2.17 bits per heavy atom. The summed E-state index contributed by atoms with van der Waals surface area (Å²) in [4.78, 5) is 3.90. The van der Waals surface area contributed by atoms with Crippen LogP contribution in [-0.2, 0) is 0 Å². The van der Waals surface area contributed by atoms with Gasteiger partial charge in [-0.05, 0) is 25.1 Å². The van der Waals surface area contributed by atoms with Gasteiger partial charge in [-0.15, -0.1) is 0 Å². The molecular weight excluding hydrogens is 255 g/mol. The molecule has 0 saturated heterocycles. The summed E-state index contributed by atoms with van der Waals surface area (Å²) in [5, 5.41) is 3.14. The summed E-state index contributed by atoms with van der Waals surface area (Å²) >= 11 is 5.65. The first-order valence-electron chi connectivity index (χ1n) is 5.50. The number of benzene rings is 1. The van der Waals surface area contributed by atoms with Crippen LogP contribution in [0.15, 0.2) is 36.5 Å². The van der Waals surface area contributed by atoms with Crippen molar-refractivity contribution in [3.8, 4) is 5.75 Å². The van der Waals surface area contributed by atoms with Gasteiger partial charge in [-0.2, -0.15) is 0 Å². The first kappa shape index (κ1) is 12.6. The number of hydrogen-bond donors (Lipinski definition) is 1. The Balaban J connectivity index is 2.28. The summed E-state index contributed by atoms with van der Waals surface area (Å²) in [5.74, 6) is 0.261. The van der Waals surface area contributed by atoms with E-state index in [1.165, 1.54) is 12.3 Å². The van der Waals surface area contributed by atoms with Gasteiger partial charge in [0.05, 0.1) is 17.3 Å². The molecule has 3 nitrogen and oxygen atoms in total. The second-order valence-corrected chi connectivity index (χ2v) is 3.97. The van der Waals surface area contributed by atoms with Gasteiger partial charge in [-0.25, -0.2) is 9.37 Å². The zero-order valence-corrected chi connectivity index (χ0v) is 10.5. The summed E-state index contributed by atoms with van der Waals surface area (Å²) in [5.41, 5.74) is 0.660. The molecule has 1 N–H and O–H groups in total. The normalized spacial score (nSPS) is 10.2. The molecule has 5 heteroatoms. The molecule has 0 saturated carbocycles. The molecule has 0 fully saturated rings. The first-order valence-corrected chi connectivity index (χ1v) is 5.88. The molecule has 2 aromatic rings. The highest BCUT2D eigenvalue weighted by molar-refractivity contribution is 6.30. The molecule has 1 aromatic carbocycles. The monoisotopic (exact) mass is 266 g/mol. The van der Waals surface area contributed by atoms with E-state index in [4.69, 9.17) is 16.3 Å². The predicted octanol–water partition coefficient (Wildman–Crippen LogP) is 4.02. The minimum Gasteiger partial charge on any atom is -0.492 e. The summed E-state index contributed by atoms with van der Waals surface area (Å²) in [6.07, 6.45) is 1.39. The Morgan fingerprint density at radius 1 is 1.39 bits per heavy atom. The molecule has 0 spiro atoms. The average Bonchev–Trinajstić information content (AvgIpc) is 2.35. The Morgan fingerprint density at radius 3 is 2.89 bits per heavy atom. The molecule has 18 heavy (non-hydrogen) atoms. The fraction of sp³-hybridized carbons (Fsp3) is 0.154. The van der Waals surface area contributed by atoms with Gasteiger partial charge in [0.15, 0.2) is 11.6 Å². The van der Waals surface area contributed by atoms with Crippen LogP contribution in [0, 0.1) is 5.82 Å². The average molecular weight is 267 g/mol. The van der Waals surface area contributed by atoms with Crippen molar-refractivity contribution in [1.82, 2.24) is 4.98 Å². The predicted molar refractivity (Wildman–Crippen MR) is 70.1 cm³/mol. The van der Waals surface area contributed by atoms with E-state index in [0.717, 1.165) is 0 Å². The van der Waals surface area contributed by atoms with Gasteiger partial charge in [-0.1, -0.05) is 23.7 Å². The molecule has 0 aliphatic carbocycles. The number of hydrogen-bond acceptors (Lipinski definition) is 3. The molecular formula is C13H12ClFN2O. The van der Waals surface area contributed by atoms with E-state index in [1.54, 1.807) is 12.1 Å². The van der Waals surface area contributed by atoms with Crippen molar-refractivity contribution in [3.63, 3.8) is 0 Å². The van der Waals surface area contributed by atoms with Crippen molar-refractivity contribution < 1.29 is 9.13 Å². The SMILES string of the molecule is CCOc1ccccc1Nc1ncc(Cl)cc1F. The largest absolute Gasteiger partial charge is 0.492 e. The highest BCUT2D eigenvalue weighted by atomic mass is 35.5. The lowest BCUT2D eigenvalue weighted by atomic mass is 10.3. The highest BCUT2D eigenvalue weighted by Crippen LogP contribution is 2.28. The van der Waals surface area contributed by atoms with Crippen LogP contribution in [0.1, 0.15) is 6.92 Å². The van der Waals surface area contributed by atoms with Gasteiger partial charge in [0.1, 0.15) is 5.75 Å². The number of ether oxygens (including phenoxy) is 1. The maximum atomic E-state index is 13.6. The van der Waals surface area contributed by atoms with Crippen LogP contribution >= 0.6 is 11.6 Å². The summed E-state index contributed by atoms with van der Waals surface area (Å²) in [6, 6.07) is 8.49. The fourth-order valence-electron chi connectivity index (χ4n) is 1.49. The number of nitrogens with zero attached hydrogens (tertiary/aromatic N) is 1. The maximum absolute atomic E-state index is 13.6. The molecule has 1 heterocycles. The van der Waals surface area contributed by atoms with Crippen LogP contribution in [0.5, 0.6) is 5.75 Å². The van der Waals surface area contributed by atoms with Gasteiger partial charge in [-0.3, -0.25) is 0 Å². The van der Waals surface area contributed by atoms with Gasteiger partial charge in [0.25, 0.3) is 0 Å². The molecule has 0 amide bonds. The van der Waals surface area contributed by atoms with Crippen molar-refractivity contribution in [3.05, 3.63) is 47.4 Å². The van der Waals surface area contributed by atoms with Crippen LogP contribution in [0.2, 0.25) is 5.02 Å².